The van der Waals surface area contributed by atoms with Gasteiger partial charge < -0.3 is 10.2 Å². The van der Waals surface area contributed by atoms with E-state index in [0.717, 1.165) is 40.6 Å². The lowest BCUT2D eigenvalue weighted by Crippen LogP contribution is -2.40. The first-order chi connectivity index (χ1) is 12.2. The molecule has 1 N–H and O–H groups in total. The van der Waals surface area contributed by atoms with Gasteiger partial charge in [0.25, 0.3) is 0 Å². The van der Waals surface area contributed by atoms with Crippen LogP contribution in [0.3, 0.4) is 0 Å². The van der Waals surface area contributed by atoms with Gasteiger partial charge in [-0.2, -0.15) is 0 Å². The van der Waals surface area contributed by atoms with Crippen LogP contribution in [0.4, 0.5) is 10.8 Å². The summed E-state index contributed by atoms with van der Waals surface area (Å²) in [7, 11) is 0. The minimum atomic E-state index is -0.0515. The number of benzene rings is 1. The third-order valence-electron chi connectivity index (χ3n) is 4.33. The van der Waals surface area contributed by atoms with Crippen molar-refractivity contribution >= 4 is 50.0 Å². The highest BCUT2D eigenvalue weighted by Gasteiger charge is 2.27. The molecule has 0 radical (unpaired) electrons. The number of hydrogen-bond acceptors (Lipinski definition) is 5. The number of fused-ring (bicyclic) bond motifs is 1. The number of amides is 1. The molecule has 1 aliphatic rings. The lowest BCUT2D eigenvalue weighted by molar-refractivity contribution is -0.120. The van der Waals surface area contributed by atoms with Gasteiger partial charge in [-0.15, -0.1) is 0 Å². The van der Waals surface area contributed by atoms with Crippen molar-refractivity contribution in [3.8, 4) is 0 Å². The molecule has 1 amide bonds. The Morgan fingerprint density at radius 1 is 1.28 bits per heavy atom. The van der Waals surface area contributed by atoms with Crippen LogP contribution in [-0.4, -0.2) is 29.0 Å². The summed E-state index contributed by atoms with van der Waals surface area (Å²) in [4.78, 5) is 24.7. The molecule has 1 aromatic carbocycles. The first-order valence-electron chi connectivity index (χ1n) is 8.22. The molecule has 4 rings (SSSR count). The number of anilines is 2. The van der Waals surface area contributed by atoms with Crippen LogP contribution in [0.25, 0.3) is 10.3 Å². The van der Waals surface area contributed by atoms with Crippen LogP contribution >= 0.6 is 22.9 Å². The van der Waals surface area contributed by atoms with Gasteiger partial charge in [-0.05, 0) is 49.2 Å². The van der Waals surface area contributed by atoms with Crippen LogP contribution in [0, 0.1) is 5.92 Å². The van der Waals surface area contributed by atoms with Crippen molar-refractivity contribution in [2.24, 2.45) is 5.92 Å². The SMILES string of the molecule is O=C(Nc1ccc(Cl)cc1)C1CCCN(c2nc3cccnc3s2)C1. The van der Waals surface area contributed by atoms with Gasteiger partial charge >= 0.3 is 0 Å². The number of hydrogen-bond donors (Lipinski definition) is 1. The summed E-state index contributed by atoms with van der Waals surface area (Å²) in [6, 6.07) is 11.1. The van der Waals surface area contributed by atoms with Gasteiger partial charge in [-0.25, -0.2) is 9.97 Å². The standard InChI is InChI=1S/C18H17ClN4OS/c19-13-5-7-14(8-6-13)21-16(24)12-3-2-10-23(11-12)18-22-15-4-1-9-20-17(15)25-18/h1,4-9,12H,2-3,10-11H2,(H,21,24). The summed E-state index contributed by atoms with van der Waals surface area (Å²) in [6.45, 7) is 1.60. The van der Waals surface area contributed by atoms with Crippen molar-refractivity contribution in [3.05, 3.63) is 47.6 Å². The molecule has 0 saturated carbocycles. The molecule has 25 heavy (non-hydrogen) atoms. The van der Waals surface area contributed by atoms with Gasteiger partial charge in [0.1, 0.15) is 10.3 Å². The van der Waals surface area contributed by atoms with Crippen molar-refractivity contribution in [3.63, 3.8) is 0 Å². The maximum Gasteiger partial charge on any atom is 0.229 e. The highest BCUT2D eigenvalue weighted by Crippen LogP contribution is 2.30. The van der Waals surface area contributed by atoms with Crippen LogP contribution in [0.2, 0.25) is 5.02 Å². The van der Waals surface area contributed by atoms with E-state index in [1.807, 2.05) is 24.3 Å². The van der Waals surface area contributed by atoms with E-state index in [1.54, 1.807) is 29.7 Å². The summed E-state index contributed by atoms with van der Waals surface area (Å²) >= 11 is 7.47. The summed E-state index contributed by atoms with van der Waals surface area (Å²) in [5.74, 6) is -0.00402. The maximum atomic E-state index is 12.6. The maximum absolute atomic E-state index is 12.6. The Balaban J connectivity index is 1.46. The first kappa shape index (κ1) is 16.3. The monoisotopic (exact) mass is 372 g/mol. The Morgan fingerprint density at radius 2 is 2.12 bits per heavy atom. The average molecular weight is 373 g/mol. The Morgan fingerprint density at radius 3 is 2.92 bits per heavy atom. The van der Waals surface area contributed by atoms with E-state index in [-0.39, 0.29) is 11.8 Å². The van der Waals surface area contributed by atoms with Gasteiger partial charge in [-0.3, -0.25) is 4.79 Å². The number of carbonyl (C=O) groups excluding carboxylic acids is 1. The van der Waals surface area contributed by atoms with E-state index in [4.69, 9.17) is 11.6 Å². The van der Waals surface area contributed by atoms with Gasteiger partial charge in [0.15, 0.2) is 5.13 Å². The molecule has 1 fully saturated rings. The fraction of sp³-hybridized carbons (Fsp3) is 0.278. The number of pyridine rings is 1. The highest BCUT2D eigenvalue weighted by atomic mass is 35.5. The molecule has 1 saturated heterocycles. The van der Waals surface area contributed by atoms with Gasteiger partial charge in [-0.1, -0.05) is 22.9 Å². The smallest absolute Gasteiger partial charge is 0.229 e. The Hall–Kier alpha value is -2.18. The molecule has 0 spiro atoms. The molecular formula is C18H17ClN4OS. The summed E-state index contributed by atoms with van der Waals surface area (Å²) in [5.41, 5.74) is 1.69. The van der Waals surface area contributed by atoms with Crippen LogP contribution in [-0.2, 0) is 4.79 Å². The van der Waals surface area contributed by atoms with E-state index in [2.05, 4.69) is 20.2 Å². The Labute approximate surface area is 154 Å². The second-order valence-electron chi connectivity index (χ2n) is 6.11. The largest absolute Gasteiger partial charge is 0.347 e. The highest BCUT2D eigenvalue weighted by molar-refractivity contribution is 7.21. The number of rotatable bonds is 3. The molecular weight excluding hydrogens is 356 g/mol. The molecule has 1 atom stereocenters. The molecule has 128 valence electrons. The van der Waals surface area contributed by atoms with Crippen molar-refractivity contribution < 1.29 is 4.79 Å². The fourth-order valence-electron chi connectivity index (χ4n) is 3.04. The van der Waals surface area contributed by atoms with Crippen LogP contribution < -0.4 is 10.2 Å². The third kappa shape index (κ3) is 3.60. The summed E-state index contributed by atoms with van der Waals surface area (Å²) < 4.78 is 0. The van der Waals surface area contributed by atoms with Crippen LogP contribution in [0.1, 0.15) is 12.8 Å². The van der Waals surface area contributed by atoms with Gasteiger partial charge in [0, 0.05) is 30.0 Å². The molecule has 1 unspecified atom stereocenters. The summed E-state index contributed by atoms with van der Waals surface area (Å²) in [6.07, 6.45) is 3.64. The predicted molar refractivity (Wildman–Crippen MR) is 102 cm³/mol. The van der Waals surface area contributed by atoms with Crippen molar-refractivity contribution in [1.82, 2.24) is 9.97 Å². The van der Waals surface area contributed by atoms with E-state index in [9.17, 15) is 4.79 Å². The molecule has 1 aliphatic heterocycles. The zero-order valence-corrected chi connectivity index (χ0v) is 15.1. The number of thiazole rings is 1. The zero-order valence-electron chi connectivity index (χ0n) is 13.5. The van der Waals surface area contributed by atoms with E-state index in [0.29, 0.717) is 11.6 Å². The second kappa shape index (κ2) is 6.98. The molecule has 0 bridgehead atoms. The Bertz CT molecular complexity index is 862. The minimum Gasteiger partial charge on any atom is -0.347 e. The summed E-state index contributed by atoms with van der Waals surface area (Å²) in [5, 5.41) is 4.58. The average Bonchev–Trinajstić information content (AvgIpc) is 3.08. The van der Waals surface area contributed by atoms with Crippen molar-refractivity contribution in [2.75, 3.05) is 23.3 Å². The van der Waals surface area contributed by atoms with E-state index < -0.39 is 0 Å². The molecule has 5 nitrogen and oxygen atoms in total. The normalized spacial score (nSPS) is 17.6. The van der Waals surface area contributed by atoms with Gasteiger partial charge in [0.05, 0.1) is 5.92 Å². The molecule has 2 aromatic heterocycles. The Kier molecular flexibility index (Phi) is 4.55. The quantitative estimate of drug-likeness (QED) is 0.748. The van der Waals surface area contributed by atoms with Crippen LogP contribution in [0.5, 0.6) is 0 Å². The minimum absolute atomic E-state index is 0.0475. The number of piperidine rings is 1. The molecule has 3 heterocycles. The van der Waals surface area contributed by atoms with Crippen molar-refractivity contribution in [2.45, 2.75) is 12.8 Å². The number of halogens is 1. The molecule has 7 heteroatoms. The number of nitrogens with zero attached hydrogens (tertiary/aromatic N) is 3. The van der Waals surface area contributed by atoms with Gasteiger partial charge in [0.2, 0.25) is 5.91 Å². The first-order valence-corrected chi connectivity index (χ1v) is 9.41. The second-order valence-corrected chi connectivity index (χ2v) is 7.50. The predicted octanol–water partition coefficient (Wildman–Crippen LogP) is 4.20. The van der Waals surface area contributed by atoms with Crippen molar-refractivity contribution in [1.29, 1.82) is 0 Å². The number of nitrogens with one attached hydrogen (secondary N) is 1. The lowest BCUT2D eigenvalue weighted by Gasteiger charge is -2.31. The fourth-order valence-corrected chi connectivity index (χ4v) is 4.11. The van der Waals surface area contributed by atoms with E-state index >= 15 is 0 Å². The topological polar surface area (TPSA) is 58.1 Å². The van der Waals surface area contributed by atoms with E-state index in [1.165, 1.54) is 0 Å². The number of carbonyl (C=O) groups is 1. The number of aromatic nitrogens is 2. The lowest BCUT2D eigenvalue weighted by atomic mass is 9.97. The molecule has 0 aliphatic carbocycles. The zero-order chi connectivity index (χ0) is 17.2. The molecule has 3 aromatic rings. The third-order valence-corrected chi connectivity index (χ3v) is 5.62. The van der Waals surface area contributed by atoms with Crippen LogP contribution in [0.15, 0.2) is 42.6 Å².